The SMILES string of the molecule is C=CCc1cc(/C=C2/SC(=O)N(Cc3cccc4ccccc34)C2=O)cc(OC)c1OCc1ccc([N+](=O)[O-])cc1. The highest BCUT2D eigenvalue weighted by Crippen LogP contribution is 2.38. The number of nitrogens with zero attached hydrogens (tertiary/aromatic N) is 2. The third-order valence-corrected chi connectivity index (χ3v) is 7.56. The molecule has 0 atom stereocenters. The van der Waals surface area contributed by atoms with Gasteiger partial charge in [0.25, 0.3) is 16.8 Å². The zero-order chi connectivity index (χ0) is 28.9. The molecule has 1 saturated heterocycles. The highest BCUT2D eigenvalue weighted by atomic mass is 32.2. The van der Waals surface area contributed by atoms with E-state index in [1.807, 2.05) is 48.5 Å². The second-order valence-corrected chi connectivity index (χ2v) is 10.3. The summed E-state index contributed by atoms with van der Waals surface area (Å²) in [5.41, 5.74) is 3.12. The predicted octanol–water partition coefficient (Wildman–Crippen LogP) is 7.30. The van der Waals surface area contributed by atoms with E-state index in [1.165, 1.54) is 24.1 Å². The number of allylic oxidation sites excluding steroid dienone is 1. The molecule has 41 heavy (non-hydrogen) atoms. The van der Waals surface area contributed by atoms with Gasteiger partial charge < -0.3 is 9.47 Å². The Kier molecular flexibility index (Phi) is 8.16. The van der Waals surface area contributed by atoms with Gasteiger partial charge >= 0.3 is 0 Å². The van der Waals surface area contributed by atoms with Crippen LogP contribution in [0.2, 0.25) is 0 Å². The van der Waals surface area contributed by atoms with Crippen LogP contribution in [0.1, 0.15) is 22.3 Å². The van der Waals surface area contributed by atoms with Gasteiger partial charge in [-0.05, 0) is 76.0 Å². The minimum Gasteiger partial charge on any atom is -0.493 e. The molecule has 1 fully saturated rings. The highest BCUT2D eigenvalue weighted by Gasteiger charge is 2.35. The molecule has 8 nitrogen and oxygen atoms in total. The van der Waals surface area contributed by atoms with Crippen LogP contribution in [0.5, 0.6) is 11.5 Å². The Morgan fingerprint density at radius 3 is 2.49 bits per heavy atom. The minimum absolute atomic E-state index is 0.00423. The summed E-state index contributed by atoms with van der Waals surface area (Å²) in [6.45, 7) is 4.19. The third-order valence-electron chi connectivity index (χ3n) is 6.65. The van der Waals surface area contributed by atoms with Crippen molar-refractivity contribution in [3.63, 3.8) is 0 Å². The van der Waals surface area contributed by atoms with E-state index in [0.717, 1.165) is 39.2 Å². The van der Waals surface area contributed by atoms with Crippen molar-refractivity contribution in [1.29, 1.82) is 0 Å². The van der Waals surface area contributed by atoms with Crippen molar-refractivity contribution >= 4 is 45.4 Å². The molecule has 0 saturated carbocycles. The van der Waals surface area contributed by atoms with Crippen molar-refractivity contribution in [2.24, 2.45) is 0 Å². The number of hydrogen-bond acceptors (Lipinski definition) is 7. The Labute approximate surface area is 241 Å². The standard InChI is InChI=1S/C32H26N2O6S/c1-3-7-24-16-22(17-28(39-2)30(24)40-20-21-12-14-26(15-13-21)34(37)38)18-29-31(35)33(32(36)41-29)19-25-10-6-9-23-8-4-5-11-27(23)25/h3-6,8-18H,1,7,19-20H2,2H3/b29-18+. The lowest BCUT2D eigenvalue weighted by Gasteiger charge is -2.16. The van der Waals surface area contributed by atoms with Crippen molar-refractivity contribution in [2.75, 3.05) is 7.11 Å². The van der Waals surface area contributed by atoms with E-state index in [1.54, 1.807) is 30.4 Å². The summed E-state index contributed by atoms with van der Waals surface area (Å²) in [6.07, 6.45) is 3.88. The number of amides is 2. The number of methoxy groups -OCH3 is 1. The molecule has 0 aromatic heterocycles. The van der Waals surface area contributed by atoms with Crippen LogP contribution in [0.25, 0.3) is 16.8 Å². The molecule has 1 heterocycles. The van der Waals surface area contributed by atoms with Crippen LogP contribution in [0, 0.1) is 10.1 Å². The van der Waals surface area contributed by atoms with E-state index in [4.69, 9.17) is 9.47 Å². The summed E-state index contributed by atoms with van der Waals surface area (Å²) < 4.78 is 11.7. The predicted molar refractivity (Wildman–Crippen MR) is 160 cm³/mol. The number of fused-ring (bicyclic) bond motifs is 1. The van der Waals surface area contributed by atoms with Crippen LogP contribution in [-0.2, 0) is 24.4 Å². The van der Waals surface area contributed by atoms with Crippen molar-refractivity contribution in [3.8, 4) is 11.5 Å². The molecular weight excluding hydrogens is 540 g/mol. The Hall–Kier alpha value is -4.89. The van der Waals surface area contributed by atoms with Gasteiger partial charge in [-0.3, -0.25) is 24.6 Å². The number of carbonyl (C=O) groups is 2. The number of non-ortho nitro benzene ring substituents is 1. The molecular formula is C32H26N2O6S. The first kappa shape index (κ1) is 27.7. The number of rotatable bonds is 10. The molecule has 0 N–H and O–H groups in total. The van der Waals surface area contributed by atoms with Gasteiger partial charge in [-0.1, -0.05) is 48.5 Å². The van der Waals surface area contributed by atoms with E-state index >= 15 is 0 Å². The lowest BCUT2D eigenvalue weighted by Crippen LogP contribution is -2.27. The maximum absolute atomic E-state index is 13.3. The zero-order valence-corrected chi connectivity index (χ0v) is 23.1. The van der Waals surface area contributed by atoms with Crippen LogP contribution >= 0.6 is 11.8 Å². The summed E-state index contributed by atoms with van der Waals surface area (Å²) in [5.74, 6) is 0.607. The average Bonchev–Trinajstić information content (AvgIpc) is 3.24. The van der Waals surface area contributed by atoms with E-state index in [-0.39, 0.29) is 30.0 Å². The Morgan fingerprint density at radius 1 is 1.00 bits per heavy atom. The lowest BCUT2D eigenvalue weighted by atomic mass is 10.0. The number of thioether (sulfide) groups is 1. The molecule has 0 radical (unpaired) electrons. The number of carbonyl (C=O) groups excluding carboxylic acids is 2. The monoisotopic (exact) mass is 566 g/mol. The molecule has 0 spiro atoms. The fraction of sp³-hybridized carbons (Fsp3) is 0.125. The van der Waals surface area contributed by atoms with Gasteiger partial charge in [0.05, 0.1) is 23.5 Å². The Morgan fingerprint density at radius 2 is 1.76 bits per heavy atom. The number of nitro benzene ring substituents is 1. The van der Waals surface area contributed by atoms with E-state index < -0.39 is 4.92 Å². The van der Waals surface area contributed by atoms with Crippen LogP contribution in [0.4, 0.5) is 10.5 Å². The molecule has 2 amide bonds. The van der Waals surface area contributed by atoms with E-state index in [0.29, 0.717) is 28.4 Å². The molecule has 0 bridgehead atoms. The fourth-order valence-corrected chi connectivity index (χ4v) is 5.49. The van der Waals surface area contributed by atoms with Gasteiger partial charge in [0.1, 0.15) is 6.61 Å². The maximum Gasteiger partial charge on any atom is 0.293 e. The second kappa shape index (κ2) is 12.1. The maximum atomic E-state index is 13.3. The number of benzene rings is 4. The van der Waals surface area contributed by atoms with Crippen LogP contribution in [0.3, 0.4) is 0 Å². The summed E-state index contributed by atoms with van der Waals surface area (Å²) in [4.78, 5) is 38.3. The van der Waals surface area contributed by atoms with Gasteiger partial charge in [-0.2, -0.15) is 0 Å². The highest BCUT2D eigenvalue weighted by molar-refractivity contribution is 8.18. The molecule has 1 aliphatic rings. The number of ether oxygens (including phenoxy) is 2. The van der Waals surface area contributed by atoms with Crippen LogP contribution < -0.4 is 9.47 Å². The zero-order valence-electron chi connectivity index (χ0n) is 22.2. The normalized spacial score (nSPS) is 14.1. The van der Waals surface area contributed by atoms with Gasteiger partial charge in [0, 0.05) is 17.7 Å². The summed E-state index contributed by atoms with van der Waals surface area (Å²) in [7, 11) is 1.52. The largest absolute Gasteiger partial charge is 0.493 e. The van der Waals surface area contributed by atoms with Gasteiger partial charge in [0.2, 0.25) is 0 Å². The molecule has 4 aromatic carbocycles. The molecule has 9 heteroatoms. The molecule has 0 unspecified atom stereocenters. The lowest BCUT2D eigenvalue weighted by molar-refractivity contribution is -0.384. The summed E-state index contributed by atoms with van der Waals surface area (Å²) >= 11 is 0.907. The van der Waals surface area contributed by atoms with Crippen molar-refractivity contribution in [2.45, 2.75) is 19.6 Å². The van der Waals surface area contributed by atoms with Crippen LogP contribution in [-0.4, -0.2) is 28.1 Å². The van der Waals surface area contributed by atoms with Crippen molar-refractivity contribution < 1.29 is 24.0 Å². The average molecular weight is 567 g/mol. The van der Waals surface area contributed by atoms with Crippen molar-refractivity contribution in [3.05, 3.63) is 129 Å². The number of hydrogen-bond donors (Lipinski definition) is 0. The fourth-order valence-electron chi connectivity index (χ4n) is 4.65. The van der Waals surface area contributed by atoms with E-state index in [9.17, 15) is 19.7 Å². The van der Waals surface area contributed by atoms with E-state index in [2.05, 4.69) is 6.58 Å². The summed E-state index contributed by atoms with van der Waals surface area (Å²) in [6, 6.07) is 23.5. The molecule has 0 aliphatic carbocycles. The Bertz CT molecular complexity index is 1690. The van der Waals surface area contributed by atoms with Gasteiger partial charge in [-0.25, -0.2) is 0 Å². The van der Waals surface area contributed by atoms with Gasteiger partial charge in [0.15, 0.2) is 11.5 Å². The molecule has 1 aliphatic heterocycles. The first-order valence-corrected chi connectivity index (χ1v) is 13.6. The summed E-state index contributed by atoms with van der Waals surface area (Å²) in [5, 5.41) is 12.7. The molecule has 4 aromatic rings. The third kappa shape index (κ3) is 6.00. The second-order valence-electron chi connectivity index (χ2n) is 9.32. The first-order chi connectivity index (χ1) is 19.9. The first-order valence-electron chi connectivity index (χ1n) is 12.8. The smallest absolute Gasteiger partial charge is 0.293 e. The quantitative estimate of drug-likeness (QED) is 0.0859. The topological polar surface area (TPSA) is 99.0 Å². The van der Waals surface area contributed by atoms with Crippen LogP contribution in [0.15, 0.2) is 96.4 Å². The van der Waals surface area contributed by atoms with Crippen molar-refractivity contribution in [1.82, 2.24) is 4.90 Å². The molecule has 5 rings (SSSR count). The van der Waals surface area contributed by atoms with Gasteiger partial charge in [-0.15, -0.1) is 6.58 Å². The number of nitro groups is 1. The Balaban J connectivity index is 1.39. The molecule has 206 valence electrons. The number of imide groups is 1. The minimum atomic E-state index is -0.451.